The van der Waals surface area contributed by atoms with Gasteiger partial charge in [-0.3, -0.25) is 9.59 Å². The maximum atomic E-state index is 12.5. The third kappa shape index (κ3) is 4.97. The summed E-state index contributed by atoms with van der Waals surface area (Å²) in [6, 6.07) is 17.0. The number of nitrogens with one attached hydrogen (secondary N) is 1. The summed E-state index contributed by atoms with van der Waals surface area (Å²) in [5, 5.41) is 3.05. The summed E-state index contributed by atoms with van der Waals surface area (Å²) in [5.41, 5.74) is 1.54. The van der Waals surface area contributed by atoms with E-state index < -0.39 is 0 Å². The minimum atomic E-state index is -0.138. The standard InChI is InChI=1S/C22H24N2O3/c1-27-20-10-6-5-9-19(20)22(26)23-18-13-15-24(16-14-18)21(25)12-11-17-7-3-2-4-8-17/h2-12,18H,13-16H2,1H3,(H,23,26)/b12-11+. The van der Waals surface area contributed by atoms with Gasteiger partial charge in [0.15, 0.2) is 0 Å². The predicted octanol–water partition coefficient (Wildman–Crippen LogP) is 3.13. The first-order chi connectivity index (χ1) is 13.2. The van der Waals surface area contributed by atoms with Crippen LogP contribution in [0.15, 0.2) is 60.7 Å². The Labute approximate surface area is 159 Å². The van der Waals surface area contributed by atoms with Gasteiger partial charge >= 0.3 is 0 Å². The second kappa shape index (κ2) is 9.03. The van der Waals surface area contributed by atoms with E-state index in [0.29, 0.717) is 24.4 Å². The summed E-state index contributed by atoms with van der Waals surface area (Å²) in [5.74, 6) is 0.434. The maximum absolute atomic E-state index is 12.5. The molecule has 0 radical (unpaired) electrons. The average molecular weight is 364 g/mol. The zero-order valence-electron chi connectivity index (χ0n) is 15.4. The number of piperidine rings is 1. The molecule has 5 heteroatoms. The highest BCUT2D eigenvalue weighted by Gasteiger charge is 2.23. The van der Waals surface area contributed by atoms with Crippen LogP contribution < -0.4 is 10.1 Å². The number of rotatable bonds is 5. The number of carbonyl (C=O) groups excluding carboxylic acids is 2. The fourth-order valence-electron chi connectivity index (χ4n) is 3.18. The highest BCUT2D eigenvalue weighted by molar-refractivity contribution is 5.97. The van der Waals surface area contributed by atoms with Gasteiger partial charge in [0.05, 0.1) is 12.7 Å². The van der Waals surface area contributed by atoms with Gasteiger partial charge in [-0.1, -0.05) is 42.5 Å². The van der Waals surface area contributed by atoms with Gasteiger partial charge in [0.2, 0.25) is 5.91 Å². The van der Waals surface area contributed by atoms with Crippen molar-refractivity contribution in [2.24, 2.45) is 0 Å². The number of likely N-dealkylation sites (tertiary alicyclic amines) is 1. The zero-order chi connectivity index (χ0) is 19.1. The van der Waals surface area contributed by atoms with Crippen molar-refractivity contribution in [3.05, 3.63) is 71.8 Å². The van der Waals surface area contributed by atoms with Crippen LogP contribution in [-0.4, -0.2) is 43.0 Å². The Bertz CT molecular complexity index is 809. The topological polar surface area (TPSA) is 58.6 Å². The minimum absolute atomic E-state index is 0.00774. The molecule has 0 atom stereocenters. The Balaban J connectivity index is 1.50. The second-order valence-corrected chi connectivity index (χ2v) is 6.52. The molecule has 0 unspecified atom stereocenters. The van der Waals surface area contributed by atoms with E-state index in [1.54, 1.807) is 25.3 Å². The predicted molar refractivity (Wildman–Crippen MR) is 106 cm³/mol. The van der Waals surface area contributed by atoms with E-state index in [4.69, 9.17) is 4.74 Å². The SMILES string of the molecule is COc1ccccc1C(=O)NC1CCN(C(=O)/C=C/c2ccccc2)CC1. The molecule has 0 saturated carbocycles. The monoisotopic (exact) mass is 364 g/mol. The number of benzene rings is 2. The van der Waals surface area contributed by atoms with Gasteiger partial charge in [-0.2, -0.15) is 0 Å². The molecule has 27 heavy (non-hydrogen) atoms. The van der Waals surface area contributed by atoms with Gasteiger partial charge in [-0.25, -0.2) is 0 Å². The van der Waals surface area contributed by atoms with Crippen molar-refractivity contribution in [3.63, 3.8) is 0 Å². The largest absolute Gasteiger partial charge is 0.496 e. The lowest BCUT2D eigenvalue weighted by Gasteiger charge is -2.31. The number of nitrogens with zero attached hydrogens (tertiary/aromatic N) is 1. The second-order valence-electron chi connectivity index (χ2n) is 6.52. The van der Waals surface area contributed by atoms with Gasteiger partial charge in [-0.15, -0.1) is 0 Å². The molecule has 0 aromatic heterocycles. The summed E-state index contributed by atoms with van der Waals surface area (Å²) in [4.78, 5) is 26.6. The van der Waals surface area contributed by atoms with E-state index in [-0.39, 0.29) is 17.9 Å². The van der Waals surface area contributed by atoms with Crippen LogP contribution in [0.2, 0.25) is 0 Å². The van der Waals surface area contributed by atoms with Crippen LogP contribution in [0.3, 0.4) is 0 Å². The third-order valence-corrected chi connectivity index (χ3v) is 4.71. The molecule has 2 aromatic rings. The number of para-hydroxylation sites is 1. The number of carbonyl (C=O) groups is 2. The van der Waals surface area contributed by atoms with Crippen molar-refractivity contribution in [2.45, 2.75) is 18.9 Å². The van der Waals surface area contributed by atoms with Crippen molar-refractivity contribution in [2.75, 3.05) is 20.2 Å². The smallest absolute Gasteiger partial charge is 0.255 e. The van der Waals surface area contributed by atoms with Gasteiger partial charge in [0, 0.05) is 25.2 Å². The molecular formula is C22H24N2O3. The molecule has 1 fully saturated rings. The summed E-state index contributed by atoms with van der Waals surface area (Å²) in [6.45, 7) is 1.27. The van der Waals surface area contributed by atoms with Crippen LogP contribution >= 0.6 is 0 Å². The molecule has 140 valence electrons. The Hall–Kier alpha value is -3.08. The first kappa shape index (κ1) is 18.7. The molecule has 1 aliphatic rings. The van der Waals surface area contributed by atoms with Crippen molar-refractivity contribution in [1.82, 2.24) is 10.2 Å². The highest BCUT2D eigenvalue weighted by atomic mass is 16.5. The van der Waals surface area contributed by atoms with Crippen LogP contribution in [0.25, 0.3) is 6.08 Å². The first-order valence-electron chi connectivity index (χ1n) is 9.13. The lowest BCUT2D eigenvalue weighted by atomic mass is 10.0. The Kier molecular flexibility index (Phi) is 6.26. The molecule has 5 nitrogen and oxygen atoms in total. The van der Waals surface area contributed by atoms with Crippen molar-refractivity contribution < 1.29 is 14.3 Å². The highest BCUT2D eigenvalue weighted by Crippen LogP contribution is 2.18. The maximum Gasteiger partial charge on any atom is 0.255 e. The van der Waals surface area contributed by atoms with E-state index >= 15 is 0 Å². The quantitative estimate of drug-likeness (QED) is 0.830. The third-order valence-electron chi connectivity index (χ3n) is 4.71. The average Bonchev–Trinajstić information content (AvgIpc) is 2.73. The summed E-state index contributed by atoms with van der Waals surface area (Å²) < 4.78 is 5.25. The zero-order valence-corrected chi connectivity index (χ0v) is 15.4. The van der Waals surface area contributed by atoms with Gasteiger partial charge in [-0.05, 0) is 36.6 Å². The van der Waals surface area contributed by atoms with E-state index in [1.165, 1.54) is 0 Å². The normalized spacial score (nSPS) is 14.9. The molecular weight excluding hydrogens is 340 g/mol. The lowest BCUT2D eigenvalue weighted by Crippen LogP contribution is -2.46. The summed E-state index contributed by atoms with van der Waals surface area (Å²) in [7, 11) is 1.55. The van der Waals surface area contributed by atoms with Crippen LogP contribution in [0.4, 0.5) is 0 Å². The Morgan fingerprint density at radius 2 is 1.70 bits per heavy atom. The Morgan fingerprint density at radius 1 is 1.04 bits per heavy atom. The first-order valence-corrected chi connectivity index (χ1v) is 9.13. The molecule has 2 aromatic carbocycles. The van der Waals surface area contributed by atoms with Gasteiger partial charge < -0.3 is 15.0 Å². The molecule has 1 N–H and O–H groups in total. The van der Waals surface area contributed by atoms with Crippen LogP contribution in [0.5, 0.6) is 5.75 Å². The van der Waals surface area contributed by atoms with E-state index in [2.05, 4.69) is 5.32 Å². The Morgan fingerprint density at radius 3 is 2.41 bits per heavy atom. The van der Waals surface area contributed by atoms with Gasteiger partial charge in [0.1, 0.15) is 5.75 Å². The van der Waals surface area contributed by atoms with Gasteiger partial charge in [0.25, 0.3) is 5.91 Å². The fourth-order valence-corrected chi connectivity index (χ4v) is 3.18. The van der Waals surface area contributed by atoms with E-state index in [9.17, 15) is 9.59 Å². The molecule has 1 aliphatic heterocycles. The summed E-state index contributed by atoms with van der Waals surface area (Å²) in [6.07, 6.45) is 4.93. The van der Waals surface area contributed by atoms with E-state index in [0.717, 1.165) is 18.4 Å². The number of methoxy groups -OCH3 is 1. The van der Waals surface area contributed by atoms with Crippen molar-refractivity contribution >= 4 is 17.9 Å². The van der Waals surface area contributed by atoms with Crippen LogP contribution in [0.1, 0.15) is 28.8 Å². The number of hydrogen-bond donors (Lipinski definition) is 1. The van der Waals surface area contributed by atoms with Crippen molar-refractivity contribution in [3.8, 4) is 5.75 Å². The van der Waals surface area contributed by atoms with Crippen LogP contribution in [-0.2, 0) is 4.79 Å². The summed E-state index contributed by atoms with van der Waals surface area (Å²) >= 11 is 0. The lowest BCUT2D eigenvalue weighted by molar-refractivity contribution is -0.126. The molecule has 1 saturated heterocycles. The molecule has 3 rings (SSSR count). The van der Waals surface area contributed by atoms with E-state index in [1.807, 2.05) is 53.4 Å². The van der Waals surface area contributed by atoms with Crippen LogP contribution in [0, 0.1) is 0 Å². The number of ether oxygens (including phenoxy) is 1. The molecule has 0 spiro atoms. The minimum Gasteiger partial charge on any atom is -0.496 e. The molecule has 1 heterocycles. The fraction of sp³-hybridized carbons (Fsp3) is 0.273. The number of hydrogen-bond acceptors (Lipinski definition) is 3. The molecule has 0 bridgehead atoms. The molecule has 2 amide bonds. The molecule has 0 aliphatic carbocycles. The van der Waals surface area contributed by atoms with Crippen molar-refractivity contribution in [1.29, 1.82) is 0 Å². The number of amides is 2.